The number of amides is 1. The summed E-state index contributed by atoms with van der Waals surface area (Å²) in [5.41, 5.74) is 6.30. The predicted octanol–water partition coefficient (Wildman–Crippen LogP) is 2.43. The van der Waals surface area contributed by atoms with Crippen LogP contribution >= 0.6 is 15.9 Å². The number of hydrogen-bond acceptors (Lipinski definition) is 3. The van der Waals surface area contributed by atoms with Crippen LogP contribution in [0.15, 0.2) is 28.0 Å². The van der Waals surface area contributed by atoms with Crippen molar-refractivity contribution in [1.82, 2.24) is 4.98 Å². The fourth-order valence-electron chi connectivity index (χ4n) is 1.47. The Hall–Kier alpha value is -1.69. The summed E-state index contributed by atoms with van der Waals surface area (Å²) in [6.07, 6.45) is 1.44. The summed E-state index contributed by atoms with van der Waals surface area (Å²) in [4.78, 5) is 24.4. The smallest absolute Gasteiger partial charge is 0.250 e. The van der Waals surface area contributed by atoms with E-state index in [1.807, 2.05) is 0 Å². The van der Waals surface area contributed by atoms with E-state index in [9.17, 15) is 9.70 Å². The van der Waals surface area contributed by atoms with Crippen molar-refractivity contribution in [3.63, 3.8) is 0 Å². The molecule has 0 saturated carbocycles. The molecule has 2 rings (SSSR count). The molecule has 0 radical (unpaired) electrons. The molecule has 0 aliphatic carbocycles. The van der Waals surface area contributed by atoms with Crippen LogP contribution in [0.3, 0.4) is 0 Å². The van der Waals surface area contributed by atoms with Gasteiger partial charge in [0, 0.05) is 16.1 Å². The van der Waals surface area contributed by atoms with E-state index in [4.69, 9.17) is 5.73 Å². The lowest BCUT2D eigenvalue weighted by molar-refractivity contribution is 0.100. The number of aromatic amines is 1. The monoisotopic (exact) mass is 267 g/mol. The van der Waals surface area contributed by atoms with E-state index >= 15 is 0 Å². The van der Waals surface area contributed by atoms with Gasteiger partial charge in [-0.25, -0.2) is 0 Å². The molecule has 15 heavy (non-hydrogen) atoms. The Balaban J connectivity index is 2.90. The molecule has 6 heteroatoms. The van der Waals surface area contributed by atoms with Crippen molar-refractivity contribution in [2.24, 2.45) is 10.9 Å². The Bertz CT molecular complexity index is 562. The summed E-state index contributed by atoms with van der Waals surface area (Å²) >= 11 is 3.28. The van der Waals surface area contributed by atoms with Crippen LogP contribution in [-0.4, -0.2) is 10.9 Å². The average Bonchev–Trinajstić information content (AvgIpc) is 2.62. The number of carbonyl (C=O) groups excluding carboxylic acids is 1. The zero-order valence-electron chi connectivity index (χ0n) is 7.45. The van der Waals surface area contributed by atoms with Gasteiger partial charge in [0.2, 0.25) is 0 Å². The van der Waals surface area contributed by atoms with E-state index in [1.165, 1.54) is 6.20 Å². The maximum atomic E-state index is 11.1. The van der Waals surface area contributed by atoms with E-state index in [-0.39, 0.29) is 5.69 Å². The highest BCUT2D eigenvalue weighted by Gasteiger charge is 2.14. The maximum absolute atomic E-state index is 11.1. The van der Waals surface area contributed by atoms with Gasteiger partial charge in [-0.1, -0.05) is 15.9 Å². The van der Waals surface area contributed by atoms with E-state index < -0.39 is 5.91 Å². The number of rotatable bonds is 2. The normalized spacial score (nSPS) is 10.5. The minimum absolute atomic E-state index is 0.250. The van der Waals surface area contributed by atoms with Crippen LogP contribution in [-0.2, 0) is 0 Å². The number of aromatic nitrogens is 1. The Morgan fingerprint density at radius 3 is 2.80 bits per heavy atom. The fraction of sp³-hybridized carbons (Fsp3) is 0. The Morgan fingerprint density at radius 2 is 2.20 bits per heavy atom. The summed E-state index contributed by atoms with van der Waals surface area (Å²) in [5, 5.41) is 3.43. The van der Waals surface area contributed by atoms with E-state index in [2.05, 4.69) is 26.1 Å². The SMILES string of the molecule is NC(=O)c1ccc(Br)c2c(N=O)c[nH]c12. The first-order valence-corrected chi connectivity index (χ1v) is 4.87. The molecule has 0 fully saturated rings. The second-order valence-electron chi connectivity index (χ2n) is 2.97. The van der Waals surface area contributed by atoms with Gasteiger partial charge in [0.15, 0.2) is 0 Å². The summed E-state index contributed by atoms with van der Waals surface area (Å²) in [5.74, 6) is -0.549. The first-order chi connectivity index (χ1) is 7.15. The third-order valence-corrected chi connectivity index (χ3v) is 2.79. The van der Waals surface area contributed by atoms with Crippen molar-refractivity contribution in [1.29, 1.82) is 0 Å². The largest absolute Gasteiger partial charge is 0.366 e. The van der Waals surface area contributed by atoms with Crippen molar-refractivity contribution in [3.8, 4) is 0 Å². The standard InChI is InChI=1S/C9H6BrN3O2/c10-5-2-1-4(9(11)14)8-7(5)6(13-15)3-12-8/h1-3,12H,(H2,11,14). The molecule has 1 amide bonds. The molecule has 0 spiro atoms. The number of benzene rings is 1. The second kappa shape index (κ2) is 3.47. The first kappa shape index (κ1) is 9.85. The summed E-state index contributed by atoms with van der Waals surface area (Å²) in [7, 11) is 0. The number of primary amides is 1. The lowest BCUT2D eigenvalue weighted by Crippen LogP contribution is -2.11. The van der Waals surface area contributed by atoms with Crippen molar-refractivity contribution < 1.29 is 4.79 Å². The molecule has 0 aliphatic heterocycles. The van der Waals surface area contributed by atoms with Gasteiger partial charge in [0.1, 0.15) is 5.69 Å². The molecule has 0 atom stereocenters. The van der Waals surface area contributed by atoms with Gasteiger partial charge in [-0.15, -0.1) is 4.91 Å². The van der Waals surface area contributed by atoms with Crippen molar-refractivity contribution >= 4 is 38.4 Å². The van der Waals surface area contributed by atoms with Crippen LogP contribution in [0.4, 0.5) is 5.69 Å². The average molecular weight is 268 g/mol. The maximum Gasteiger partial charge on any atom is 0.250 e. The lowest BCUT2D eigenvalue weighted by Gasteiger charge is -2.00. The van der Waals surface area contributed by atoms with Crippen LogP contribution in [0.1, 0.15) is 10.4 Å². The molecule has 0 aliphatic rings. The fourth-order valence-corrected chi connectivity index (χ4v) is 2.00. The number of hydrogen-bond donors (Lipinski definition) is 2. The third kappa shape index (κ3) is 1.42. The summed E-state index contributed by atoms with van der Waals surface area (Å²) < 4.78 is 0.693. The van der Waals surface area contributed by atoms with Crippen LogP contribution in [0, 0.1) is 4.91 Å². The number of fused-ring (bicyclic) bond motifs is 1. The number of carbonyl (C=O) groups is 1. The van der Waals surface area contributed by atoms with Crippen molar-refractivity contribution in [2.75, 3.05) is 0 Å². The molecule has 3 N–H and O–H groups in total. The molecular formula is C9H6BrN3O2. The molecule has 1 aromatic heterocycles. The Morgan fingerprint density at radius 1 is 1.47 bits per heavy atom. The minimum atomic E-state index is -0.549. The highest BCUT2D eigenvalue weighted by molar-refractivity contribution is 9.10. The highest BCUT2D eigenvalue weighted by atomic mass is 79.9. The predicted molar refractivity (Wildman–Crippen MR) is 60.0 cm³/mol. The van der Waals surface area contributed by atoms with Gasteiger partial charge in [-0.2, -0.15) is 0 Å². The highest BCUT2D eigenvalue weighted by Crippen LogP contribution is 2.34. The Kier molecular flexibility index (Phi) is 2.28. The number of nitrogens with one attached hydrogen (secondary N) is 1. The van der Waals surface area contributed by atoms with Gasteiger partial charge in [0.05, 0.1) is 11.1 Å². The molecule has 76 valence electrons. The van der Waals surface area contributed by atoms with Gasteiger partial charge < -0.3 is 10.7 Å². The van der Waals surface area contributed by atoms with Crippen LogP contribution < -0.4 is 5.73 Å². The number of nitroso groups, excluding NO2 is 1. The molecule has 5 nitrogen and oxygen atoms in total. The third-order valence-electron chi connectivity index (χ3n) is 2.13. The molecule has 0 unspecified atom stereocenters. The molecule has 0 bridgehead atoms. The van der Waals surface area contributed by atoms with Gasteiger partial charge in [0.25, 0.3) is 5.91 Å². The summed E-state index contributed by atoms with van der Waals surface area (Å²) in [6.45, 7) is 0. The van der Waals surface area contributed by atoms with E-state index in [0.29, 0.717) is 20.9 Å². The molecule has 2 aromatic rings. The molecular weight excluding hydrogens is 262 g/mol. The molecule has 0 saturated heterocycles. The van der Waals surface area contributed by atoms with Gasteiger partial charge in [-0.05, 0) is 17.3 Å². The Labute approximate surface area is 92.8 Å². The number of nitrogens with two attached hydrogens (primary N) is 1. The summed E-state index contributed by atoms with van der Waals surface area (Å²) in [6, 6.07) is 3.24. The minimum Gasteiger partial charge on any atom is -0.366 e. The number of halogens is 1. The van der Waals surface area contributed by atoms with Crippen molar-refractivity contribution in [2.45, 2.75) is 0 Å². The second-order valence-corrected chi connectivity index (χ2v) is 3.83. The zero-order chi connectivity index (χ0) is 11.0. The molecule has 1 aromatic carbocycles. The lowest BCUT2D eigenvalue weighted by atomic mass is 10.1. The van der Waals surface area contributed by atoms with Gasteiger partial charge in [-0.3, -0.25) is 4.79 Å². The number of H-pyrrole nitrogens is 1. The van der Waals surface area contributed by atoms with Gasteiger partial charge >= 0.3 is 0 Å². The topological polar surface area (TPSA) is 88.3 Å². The van der Waals surface area contributed by atoms with Crippen molar-refractivity contribution in [3.05, 3.63) is 33.3 Å². The molecule has 1 heterocycles. The van der Waals surface area contributed by atoms with Crippen LogP contribution in [0.25, 0.3) is 10.9 Å². The van der Waals surface area contributed by atoms with E-state index in [1.54, 1.807) is 12.1 Å². The van der Waals surface area contributed by atoms with Crippen LogP contribution in [0.5, 0.6) is 0 Å². The quantitative estimate of drug-likeness (QED) is 0.819. The zero-order valence-corrected chi connectivity index (χ0v) is 9.04. The van der Waals surface area contributed by atoms with E-state index in [0.717, 1.165) is 0 Å². The number of nitrogens with zero attached hydrogens (tertiary/aromatic N) is 1. The van der Waals surface area contributed by atoms with Crippen LogP contribution in [0.2, 0.25) is 0 Å². The first-order valence-electron chi connectivity index (χ1n) is 4.08.